The van der Waals surface area contributed by atoms with Gasteiger partial charge in [0, 0.05) is 19.3 Å². The van der Waals surface area contributed by atoms with E-state index in [1.165, 1.54) is 128 Å². The first-order valence-corrected chi connectivity index (χ1v) is 28.4. The zero-order valence-corrected chi connectivity index (χ0v) is 44.2. The van der Waals surface area contributed by atoms with E-state index in [0.717, 1.165) is 103 Å². The van der Waals surface area contributed by atoms with Gasteiger partial charge in [0.1, 0.15) is 13.2 Å². The number of carbonyl (C=O) groups is 3. The van der Waals surface area contributed by atoms with Crippen LogP contribution in [0.5, 0.6) is 0 Å². The zero-order valence-electron chi connectivity index (χ0n) is 44.2. The summed E-state index contributed by atoms with van der Waals surface area (Å²) in [5, 5.41) is 0. The number of hydrogen-bond acceptors (Lipinski definition) is 6. The fourth-order valence-electron chi connectivity index (χ4n) is 7.93. The fourth-order valence-corrected chi connectivity index (χ4v) is 7.93. The van der Waals surface area contributed by atoms with Crippen LogP contribution in [0, 0.1) is 0 Å². The highest BCUT2D eigenvalue weighted by atomic mass is 16.6. The van der Waals surface area contributed by atoms with Gasteiger partial charge in [-0.2, -0.15) is 0 Å². The third-order valence-corrected chi connectivity index (χ3v) is 12.2. The van der Waals surface area contributed by atoms with Crippen molar-refractivity contribution in [3.05, 3.63) is 72.9 Å². The standard InChI is InChI=1S/C61H106O6/c1-4-7-10-13-16-19-22-25-28-29-30-31-34-36-39-42-45-48-51-54-60(63)66-57-58(67-61(64)55-52-49-46-43-40-37-33-27-24-21-18-15-12-9-6-3)56-65-59(62)53-50-47-44-41-38-35-32-26-23-20-17-14-11-8-5-2/h9,12,17-18,20-21,26-27,32-33,40,43,58H,4-8,10-11,13-16,19,22-25,28-31,34-39,41-42,44-57H2,1-3H3/b12-9-,20-17-,21-18-,32-26-,33-27-,43-40-/t58-/m1/s1. The van der Waals surface area contributed by atoms with E-state index in [1.807, 2.05) is 0 Å². The van der Waals surface area contributed by atoms with Crippen molar-refractivity contribution in [1.29, 1.82) is 0 Å². The molecule has 6 heteroatoms. The topological polar surface area (TPSA) is 78.9 Å². The van der Waals surface area contributed by atoms with Crippen molar-refractivity contribution in [2.24, 2.45) is 0 Å². The lowest BCUT2D eigenvalue weighted by atomic mass is 10.0. The lowest BCUT2D eigenvalue weighted by molar-refractivity contribution is -0.167. The van der Waals surface area contributed by atoms with Crippen molar-refractivity contribution in [1.82, 2.24) is 0 Å². The number of allylic oxidation sites excluding steroid dienone is 12. The average Bonchev–Trinajstić information content (AvgIpc) is 3.33. The highest BCUT2D eigenvalue weighted by molar-refractivity contribution is 5.71. The van der Waals surface area contributed by atoms with Gasteiger partial charge in [0.25, 0.3) is 0 Å². The van der Waals surface area contributed by atoms with Crippen LogP contribution in [0.4, 0.5) is 0 Å². The van der Waals surface area contributed by atoms with Crippen molar-refractivity contribution in [2.45, 2.75) is 284 Å². The summed E-state index contributed by atoms with van der Waals surface area (Å²) < 4.78 is 16.8. The Hall–Kier alpha value is -3.15. The Morgan fingerprint density at radius 1 is 0.313 bits per heavy atom. The van der Waals surface area contributed by atoms with Crippen LogP contribution < -0.4 is 0 Å². The Kier molecular flexibility index (Phi) is 52.8. The van der Waals surface area contributed by atoms with Gasteiger partial charge in [-0.15, -0.1) is 0 Å². The second kappa shape index (κ2) is 55.4. The number of rotatable bonds is 51. The van der Waals surface area contributed by atoms with Crippen molar-refractivity contribution >= 4 is 17.9 Å². The second-order valence-corrected chi connectivity index (χ2v) is 18.8. The van der Waals surface area contributed by atoms with Gasteiger partial charge in [-0.05, 0) is 89.9 Å². The van der Waals surface area contributed by atoms with Crippen LogP contribution in [0.25, 0.3) is 0 Å². The summed E-state index contributed by atoms with van der Waals surface area (Å²) in [5.41, 5.74) is 0. The molecule has 67 heavy (non-hydrogen) atoms. The van der Waals surface area contributed by atoms with Crippen LogP contribution in [0.1, 0.15) is 278 Å². The van der Waals surface area contributed by atoms with E-state index in [-0.39, 0.29) is 37.5 Å². The summed E-state index contributed by atoms with van der Waals surface area (Å²) in [6.45, 7) is 6.48. The SMILES string of the molecule is CC/C=C\C/C=C\C/C=C\C/C=C\CCCCC(=O)O[C@H](COC(=O)CCCCCCC/C=C\C/C=C\CCCCC)COC(=O)CCCCCCCCCCCCCCCCCCCCC. The minimum absolute atomic E-state index is 0.0946. The van der Waals surface area contributed by atoms with Gasteiger partial charge < -0.3 is 14.2 Å². The summed E-state index contributed by atoms with van der Waals surface area (Å²) >= 11 is 0. The number of esters is 3. The van der Waals surface area contributed by atoms with Gasteiger partial charge in [-0.25, -0.2) is 0 Å². The van der Waals surface area contributed by atoms with Gasteiger partial charge in [0.05, 0.1) is 0 Å². The minimum Gasteiger partial charge on any atom is -0.462 e. The first kappa shape index (κ1) is 63.8. The lowest BCUT2D eigenvalue weighted by Crippen LogP contribution is -2.30. The molecule has 0 spiro atoms. The average molecular weight is 936 g/mol. The van der Waals surface area contributed by atoms with E-state index in [4.69, 9.17) is 14.2 Å². The molecule has 0 aromatic heterocycles. The third-order valence-electron chi connectivity index (χ3n) is 12.2. The number of carbonyl (C=O) groups excluding carboxylic acids is 3. The van der Waals surface area contributed by atoms with Gasteiger partial charge >= 0.3 is 17.9 Å². The normalized spacial score (nSPS) is 12.6. The summed E-state index contributed by atoms with van der Waals surface area (Å²) in [5.74, 6) is -0.942. The van der Waals surface area contributed by atoms with Crippen LogP contribution >= 0.6 is 0 Å². The molecule has 0 aliphatic heterocycles. The third kappa shape index (κ3) is 53.7. The molecule has 0 radical (unpaired) electrons. The predicted octanol–water partition coefficient (Wildman–Crippen LogP) is 19.0. The van der Waals surface area contributed by atoms with Crippen LogP contribution in [0.15, 0.2) is 72.9 Å². The molecule has 0 aliphatic carbocycles. The Balaban J connectivity index is 4.41. The van der Waals surface area contributed by atoms with Crippen molar-refractivity contribution in [2.75, 3.05) is 13.2 Å². The van der Waals surface area contributed by atoms with Gasteiger partial charge in [0.2, 0.25) is 0 Å². The monoisotopic (exact) mass is 935 g/mol. The molecular formula is C61H106O6. The zero-order chi connectivity index (χ0) is 48.6. The fraction of sp³-hybridized carbons (Fsp3) is 0.754. The summed E-state index contributed by atoms with van der Waals surface area (Å²) in [4.78, 5) is 38.1. The number of hydrogen-bond donors (Lipinski definition) is 0. The Morgan fingerprint density at radius 3 is 0.970 bits per heavy atom. The molecule has 0 saturated heterocycles. The maximum atomic E-state index is 12.8. The molecule has 0 aliphatic rings. The minimum atomic E-state index is -0.801. The molecule has 0 unspecified atom stereocenters. The molecule has 0 fully saturated rings. The highest BCUT2D eigenvalue weighted by Crippen LogP contribution is 2.16. The molecule has 0 aromatic carbocycles. The van der Waals surface area contributed by atoms with Crippen molar-refractivity contribution in [3.63, 3.8) is 0 Å². The van der Waals surface area contributed by atoms with Crippen molar-refractivity contribution in [3.8, 4) is 0 Å². The van der Waals surface area contributed by atoms with E-state index in [0.29, 0.717) is 19.3 Å². The number of ether oxygens (including phenoxy) is 3. The van der Waals surface area contributed by atoms with Gasteiger partial charge in [0.15, 0.2) is 6.10 Å². The van der Waals surface area contributed by atoms with E-state index in [1.54, 1.807) is 0 Å². The molecule has 0 N–H and O–H groups in total. The van der Waals surface area contributed by atoms with E-state index in [2.05, 4.69) is 93.7 Å². The predicted molar refractivity (Wildman–Crippen MR) is 288 cm³/mol. The van der Waals surface area contributed by atoms with Crippen LogP contribution in [-0.2, 0) is 28.6 Å². The Bertz CT molecular complexity index is 1260. The second-order valence-electron chi connectivity index (χ2n) is 18.8. The lowest BCUT2D eigenvalue weighted by Gasteiger charge is -2.18. The molecule has 386 valence electrons. The summed E-state index contributed by atoms with van der Waals surface area (Å²) in [6, 6.07) is 0. The number of unbranched alkanes of at least 4 members (excludes halogenated alkanes) is 28. The van der Waals surface area contributed by atoms with E-state index in [9.17, 15) is 14.4 Å². The quantitative estimate of drug-likeness (QED) is 0.0262. The first-order chi connectivity index (χ1) is 33.0. The molecule has 0 rings (SSSR count). The highest BCUT2D eigenvalue weighted by Gasteiger charge is 2.19. The van der Waals surface area contributed by atoms with Crippen LogP contribution in [0.3, 0.4) is 0 Å². The van der Waals surface area contributed by atoms with E-state index >= 15 is 0 Å². The first-order valence-electron chi connectivity index (χ1n) is 28.4. The van der Waals surface area contributed by atoms with Gasteiger partial charge in [-0.1, -0.05) is 241 Å². The summed E-state index contributed by atoms with van der Waals surface area (Å²) in [6.07, 6.45) is 70.4. The molecular weight excluding hydrogens is 829 g/mol. The largest absolute Gasteiger partial charge is 0.462 e. The molecule has 0 saturated carbocycles. The maximum Gasteiger partial charge on any atom is 0.306 e. The Morgan fingerprint density at radius 2 is 0.582 bits per heavy atom. The molecule has 6 nitrogen and oxygen atoms in total. The molecule has 0 amide bonds. The van der Waals surface area contributed by atoms with Crippen LogP contribution in [-0.4, -0.2) is 37.2 Å². The molecule has 0 aromatic rings. The molecule has 0 bridgehead atoms. The maximum absolute atomic E-state index is 12.8. The van der Waals surface area contributed by atoms with E-state index < -0.39 is 6.10 Å². The summed E-state index contributed by atoms with van der Waals surface area (Å²) in [7, 11) is 0. The van der Waals surface area contributed by atoms with Gasteiger partial charge in [-0.3, -0.25) is 14.4 Å². The smallest absolute Gasteiger partial charge is 0.306 e. The molecule has 1 atom stereocenters. The van der Waals surface area contributed by atoms with Crippen molar-refractivity contribution < 1.29 is 28.6 Å². The molecule has 0 heterocycles. The van der Waals surface area contributed by atoms with Crippen LogP contribution in [0.2, 0.25) is 0 Å². The Labute approximate surface area is 414 Å².